The minimum absolute atomic E-state index is 0.0433. The monoisotopic (exact) mass is 403 g/mol. The molecule has 1 amide bonds. The fourth-order valence-corrected chi connectivity index (χ4v) is 3.87. The lowest BCUT2D eigenvalue weighted by Gasteiger charge is -2.19. The maximum Gasteiger partial charge on any atom is 0.407 e. The van der Waals surface area contributed by atoms with Crippen LogP contribution in [0.15, 0.2) is 18.3 Å². The first-order valence-corrected chi connectivity index (χ1v) is 10.1. The van der Waals surface area contributed by atoms with Crippen LogP contribution >= 0.6 is 0 Å². The minimum Gasteiger partial charge on any atom is -0.475 e. The van der Waals surface area contributed by atoms with E-state index in [1.54, 1.807) is 0 Å². The van der Waals surface area contributed by atoms with Crippen LogP contribution in [-0.4, -0.2) is 39.5 Å². The highest BCUT2D eigenvalue weighted by molar-refractivity contribution is 5.67. The van der Waals surface area contributed by atoms with Gasteiger partial charge in [-0.2, -0.15) is 5.10 Å². The van der Waals surface area contributed by atoms with Gasteiger partial charge in [0.15, 0.2) is 11.6 Å². The maximum absolute atomic E-state index is 14.2. The number of hydrogen-bond acceptors (Lipinski definition) is 6. The zero-order valence-electron chi connectivity index (χ0n) is 16.6. The number of fused-ring (bicyclic) bond motifs is 7. The van der Waals surface area contributed by atoms with Gasteiger partial charge in [-0.05, 0) is 46.0 Å². The van der Waals surface area contributed by atoms with E-state index >= 15 is 0 Å². The van der Waals surface area contributed by atoms with Crippen molar-refractivity contribution in [2.24, 2.45) is 0 Å². The molecule has 1 aliphatic heterocycles. The molecule has 2 aromatic rings. The molecule has 0 saturated heterocycles. The van der Waals surface area contributed by atoms with E-state index in [-0.39, 0.29) is 35.9 Å². The lowest BCUT2D eigenvalue weighted by Crippen LogP contribution is -2.35. The number of hydrogen-bond donors (Lipinski definition) is 3. The Kier molecular flexibility index (Phi) is 5.55. The van der Waals surface area contributed by atoms with E-state index < -0.39 is 5.82 Å². The van der Waals surface area contributed by atoms with Crippen LogP contribution in [-0.2, 0) is 4.74 Å². The molecule has 1 fully saturated rings. The van der Waals surface area contributed by atoms with Crippen LogP contribution in [0.25, 0.3) is 0 Å². The number of aromatic amines is 1. The molecule has 29 heavy (non-hydrogen) atoms. The fourth-order valence-electron chi connectivity index (χ4n) is 3.87. The van der Waals surface area contributed by atoms with Crippen molar-refractivity contribution in [2.75, 3.05) is 5.32 Å². The van der Waals surface area contributed by atoms with Crippen LogP contribution in [0, 0.1) is 5.82 Å². The van der Waals surface area contributed by atoms with Crippen molar-refractivity contribution in [1.82, 2.24) is 20.5 Å². The van der Waals surface area contributed by atoms with Gasteiger partial charge in [0.2, 0.25) is 5.88 Å². The highest BCUT2D eigenvalue weighted by Gasteiger charge is 2.30. The lowest BCUT2D eigenvalue weighted by molar-refractivity contribution is 0.0964. The minimum atomic E-state index is -0.477. The average molecular weight is 403 g/mol. The van der Waals surface area contributed by atoms with E-state index in [1.165, 1.54) is 6.07 Å². The Bertz CT molecular complexity index is 874. The summed E-state index contributed by atoms with van der Waals surface area (Å²) in [4.78, 5) is 16.2. The second-order valence-electron chi connectivity index (χ2n) is 7.92. The first-order valence-electron chi connectivity index (χ1n) is 10.1. The molecule has 3 heterocycles. The topological polar surface area (TPSA) is 101 Å². The van der Waals surface area contributed by atoms with Crippen LogP contribution in [0.3, 0.4) is 0 Å². The van der Waals surface area contributed by atoms with E-state index in [0.717, 1.165) is 37.6 Å². The predicted molar refractivity (Wildman–Crippen MR) is 105 cm³/mol. The number of rotatable bonds is 0. The van der Waals surface area contributed by atoms with Gasteiger partial charge in [0.25, 0.3) is 0 Å². The molecular weight excluding hydrogens is 377 g/mol. The molecule has 9 heteroatoms. The van der Waals surface area contributed by atoms with Crippen LogP contribution in [0.2, 0.25) is 0 Å². The van der Waals surface area contributed by atoms with Gasteiger partial charge < -0.3 is 20.1 Å². The largest absolute Gasteiger partial charge is 0.475 e. The Balaban J connectivity index is 1.58. The number of H-pyrrole nitrogens is 1. The summed E-state index contributed by atoms with van der Waals surface area (Å²) in [6, 6.07) is 3.35. The number of carbonyl (C=O) groups excluding carboxylic acids is 1. The molecule has 1 aliphatic carbocycles. The molecule has 0 spiro atoms. The highest BCUT2D eigenvalue weighted by atomic mass is 19.1. The number of amides is 1. The Morgan fingerprint density at radius 3 is 2.86 bits per heavy atom. The number of halogens is 1. The number of anilines is 2. The van der Waals surface area contributed by atoms with Crippen molar-refractivity contribution in [3.05, 3.63) is 29.8 Å². The third-order valence-corrected chi connectivity index (χ3v) is 5.48. The molecule has 2 aromatic heterocycles. The quantitative estimate of drug-likeness (QED) is 0.615. The van der Waals surface area contributed by atoms with E-state index in [4.69, 9.17) is 9.47 Å². The fraction of sp³-hybridized carbons (Fsp3) is 0.550. The van der Waals surface area contributed by atoms with Crippen molar-refractivity contribution in [1.29, 1.82) is 0 Å². The summed E-state index contributed by atoms with van der Waals surface area (Å²) in [5.74, 6) is 0.585. The third kappa shape index (κ3) is 4.78. The number of pyridine rings is 1. The number of nitrogens with one attached hydrogen (secondary N) is 3. The predicted octanol–water partition coefficient (Wildman–Crippen LogP) is 4.00. The molecule has 0 unspecified atom stereocenters. The number of nitrogens with zero attached hydrogens (tertiary/aromatic N) is 2. The number of alkyl carbamates (subject to hydrolysis) is 1. The van der Waals surface area contributed by atoms with Crippen molar-refractivity contribution < 1.29 is 18.7 Å². The summed E-state index contributed by atoms with van der Waals surface area (Å²) in [5.41, 5.74) is 1.20. The molecule has 6 bridgehead atoms. The van der Waals surface area contributed by atoms with Gasteiger partial charge in [-0.15, -0.1) is 0 Å². The Morgan fingerprint density at radius 1 is 1.14 bits per heavy atom. The molecule has 4 rings (SSSR count). The van der Waals surface area contributed by atoms with Gasteiger partial charge in [-0.1, -0.05) is 0 Å². The second kappa shape index (κ2) is 8.26. The number of aromatic nitrogens is 3. The molecule has 3 N–H and O–H groups in total. The molecule has 4 atom stereocenters. The average Bonchev–Trinajstić information content (AvgIpc) is 3.31. The van der Waals surface area contributed by atoms with E-state index in [9.17, 15) is 9.18 Å². The SMILES string of the molecule is C[C@@H]1CC[C@H](C)Oc2cc(c(F)cn2)Nc2cc([nH]n2)[C@H]2CC[C@H](C2)OC(=O)N1. The van der Waals surface area contributed by atoms with Crippen molar-refractivity contribution in [3.8, 4) is 5.88 Å². The molecule has 0 aromatic carbocycles. The van der Waals surface area contributed by atoms with Gasteiger partial charge in [-0.3, -0.25) is 5.10 Å². The number of carbonyl (C=O) groups is 1. The van der Waals surface area contributed by atoms with Gasteiger partial charge in [0, 0.05) is 29.8 Å². The van der Waals surface area contributed by atoms with E-state index in [0.29, 0.717) is 18.1 Å². The van der Waals surface area contributed by atoms with E-state index in [1.807, 2.05) is 19.9 Å². The smallest absolute Gasteiger partial charge is 0.407 e. The standard InChI is InChI=1S/C20H26FN5O3/c1-11-3-4-12(2)28-19-9-17(15(21)10-22-19)24-18-8-16(25-26-18)13-5-6-14(7-13)29-20(27)23-11/h8-14H,3-7H2,1-2H3,(H,23,27)(H2,24,25,26)/t11-,12+,13+,14-/m1/s1. The van der Waals surface area contributed by atoms with Gasteiger partial charge in [0.1, 0.15) is 6.10 Å². The maximum atomic E-state index is 14.2. The summed E-state index contributed by atoms with van der Waals surface area (Å²) in [5, 5.41) is 13.1. The Labute approximate surface area is 168 Å². The normalized spacial score (nSPS) is 27.6. The first-order chi connectivity index (χ1) is 14.0. The highest BCUT2D eigenvalue weighted by Crippen LogP contribution is 2.36. The van der Waals surface area contributed by atoms with Crippen LogP contribution in [0.1, 0.15) is 57.6 Å². The summed E-state index contributed by atoms with van der Waals surface area (Å²) in [6.45, 7) is 3.86. The van der Waals surface area contributed by atoms with Crippen LogP contribution < -0.4 is 15.4 Å². The molecule has 0 radical (unpaired) electrons. The molecule has 2 aliphatic rings. The summed E-state index contributed by atoms with van der Waals surface area (Å²) in [6.07, 6.45) is 4.37. The molecule has 1 saturated carbocycles. The zero-order valence-corrected chi connectivity index (χ0v) is 16.6. The summed E-state index contributed by atoms with van der Waals surface area (Å²) >= 11 is 0. The Hall–Kier alpha value is -2.84. The summed E-state index contributed by atoms with van der Waals surface area (Å²) in [7, 11) is 0. The zero-order chi connectivity index (χ0) is 20.4. The van der Waals surface area contributed by atoms with Crippen LogP contribution in [0.5, 0.6) is 5.88 Å². The van der Waals surface area contributed by atoms with Crippen LogP contribution in [0.4, 0.5) is 20.7 Å². The van der Waals surface area contributed by atoms with Crippen molar-refractivity contribution >= 4 is 17.6 Å². The molecular formula is C20H26FN5O3. The van der Waals surface area contributed by atoms with Gasteiger partial charge in [-0.25, -0.2) is 14.2 Å². The second-order valence-corrected chi connectivity index (χ2v) is 7.92. The Morgan fingerprint density at radius 2 is 2.00 bits per heavy atom. The third-order valence-electron chi connectivity index (χ3n) is 5.48. The first kappa shape index (κ1) is 19.5. The number of ether oxygens (including phenoxy) is 2. The summed E-state index contributed by atoms with van der Waals surface area (Å²) < 4.78 is 25.6. The van der Waals surface area contributed by atoms with Crippen molar-refractivity contribution in [2.45, 2.75) is 70.1 Å². The molecule has 8 nitrogen and oxygen atoms in total. The van der Waals surface area contributed by atoms with Gasteiger partial charge in [0.05, 0.1) is 18.0 Å². The lowest BCUT2D eigenvalue weighted by atomic mass is 10.0. The molecule has 156 valence electrons. The van der Waals surface area contributed by atoms with E-state index in [2.05, 4.69) is 25.8 Å². The van der Waals surface area contributed by atoms with Gasteiger partial charge >= 0.3 is 6.09 Å². The van der Waals surface area contributed by atoms with Crippen molar-refractivity contribution in [3.63, 3.8) is 0 Å².